The lowest BCUT2D eigenvalue weighted by atomic mass is 10.0. The van der Waals surface area contributed by atoms with Crippen LogP contribution in [0.5, 0.6) is 0 Å². The molecule has 1 fully saturated rings. The van der Waals surface area contributed by atoms with Crippen LogP contribution in [0.25, 0.3) is 0 Å². The van der Waals surface area contributed by atoms with Crippen LogP contribution in [0.3, 0.4) is 0 Å². The molecule has 0 nitrogen and oxygen atoms in total. The van der Waals surface area contributed by atoms with Gasteiger partial charge in [0.25, 0.3) is 0 Å². The minimum atomic E-state index is 0.480. The zero-order valence-electron chi connectivity index (χ0n) is 9.37. The second kappa shape index (κ2) is 3.03. The van der Waals surface area contributed by atoms with Crippen LogP contribution in [-0.2, 0) is 0 Å². The van der Waals surface area contributed by atoms with Crippen LogP contribution in [-0.4, -0.2) is 5.25 Å². The Labute approximate surface area is 91.1 Å². The summed E-state index contributed by atoms with van der Waals surface area (Å²) in [4.78, 5) is 1.40. The van der Waals surface area contributed by atoms with Crippen molar-refractivity contribution in [1.82, 2.24) is 0 Å². The van der Waals surface area contributed by atoms with Crippen LogP contribution >= 0.6 is 11.8 Å². The third-order valence-corrected chi connectivity index (χ3v) is 5.84. The summed E-state index contributed by atoms with van der Waals surface area (Å²) in [7, 11) is 0. The quantitative estimate of drug-likeness (QED) is 0.698. The van der Waals surface area contributed by atoms with E-state index in [0.717, 1.165) is 5.25 Å². The molecule has 2 rings (SSSR count). The molecule has 0 N–H and O–H groups in total. The Balaban J connectivity index is 2.09. The predicted octanol–water partition coefficient (Wildman–Crippen LogP) is 4.21. The molecule has 0 bridgehead atoms. The third kappa shape index (κ3) is 1.38. The summed E-state index contributed by atoms with van der Waals surface area (Å²) in [6, 6.07) is 10.7. The summed E-state index contributed by atoms with van der Waals surface area (Å²) in [5.74, 6) is 0. The van der Waals surface area contributed by atoms with Gasteiger partial charge in [-0.05, 0) is 23.0 Å². The van der Waals surface area contributed by atoms with Crippen molar-refractivity contribution in [2.75, 3.05) is 0 Å². The van der Waals surface area contributed by atoms with E-state index < -0.39 is 0 Å². The maximum absolute atomic E-state index is 2.37. The molecule has 0 heterocycles. The molecule has 0 aliphatic heterocycles. The summed E-state index contributed by atoms with van der Waals surface area (Å²) in [5.41, 5.74) is 0.959. The van der Waals surface area contributed by atoms with E-state index in [1.807, 2.05) is 11.8 Å². The van der Waals surface area contributed by atoms with E-state index in [-0.39, 0.29) is 0 Å². The molecule has 1 aromatic carbocycles. The van der Waals surface area contributed by atoms with Crippen molar-refractivity contribution >= 4 is 11.8 Å². The van der Waals surface area contributed by atoms with Gasteiger partial charge in [-0.1, -0.05) is 45.9 Å². The van der Waals surface area contributed by atoms with Crippen molar-refractivity contribution in [3.8, 4) is 0 Å². The van der Waals surface area contributed by atoms with Gasteiger partial charge in [0.1, 0.15) is 0 Å². The molecule has 1 aromatic rings. The molecule has 14 heavy (non-hydrogen) atoms. The van der Waals surface area contributed by atoms with Gasteiger partial charge in [-0.15, -0.1) is 11.8 Å². The van der Waals surface area contributed by atoms with E-state index in [9.17, 15) is 0 Å². The monoisotopic (exact) mass is 206 g/mol. The lowest BCUT2D eigenvalue weighted by Crippen LogP contribution is -1.95. The molecular weight excluding hydrogens is 188 g/mol. The molecule has 1 saturated carbocycles. The number of benzene rings is 1. The summed E-state index contributed by atoms with van der Waals surface area (Å²) >= 11 is 2.02. The Morgan fingerprint density at radius 1 is 0.929 bits per heavy atom. The average Bonchev–Trinajstić information content (AvgIpc) is 2.50. The standard InChI is InChI=1S/C13H18S/c1-12(2)11(13(12,3)4)14-10-8-6-5-7-9-10/h5-9,11H,1-4H3. The van der Waals surface area contributed by atoms with Gasteiger partial charge in [-0.3, -0.25) is 0 Å². The van der Waals surface area contributed by atoms with Gasteiger partial charge >= 0.3 is 0 Å². The molecule has 0 unspecified atom stereocenters. The summed E-state index contributed by atoms with van der Waals surface area (Å²) in [6.07, 6.45) is 0. The highest BCUT2D eigenvalue weighted by atomic mass is 32.2. The Hall–Kier alpha value is -0.430. The number of hydrogen-bond donors (Lipinski definition) is 0. The van der Waals surface area contributed by atoms with E-state index in [1.54, 1.807) is 0 Å². The highest BCUT2D eigenvalue weighted by Crippen LogP contribution is 2.69. The number of hydrogen-bond acceptors (Lipinski definition) is 1. The van der Waals surface area contributed by atoms with Gasteiger partial charge in [-0.2, -0.15) is 0 Å². The smallest absolute Gasteiger partial charge is 0.0208 e. The van der Waals surface area contributed by atoms with E-state index in [0.29, 0.717) is 10.8 Å². The summed E-state index contributed by atoms with van der Waals surface area (Å²) in [5, 5.41) is 0.761. The first-order valence-electron chi connectivity index (χ1n) is 5.18. The molecule has 0 spiro atoms. The average molecular weight is 206 g/mol. The number of rotatable bonds is 2. The van der Waals surface area contributed by atoms with Gasteiger partial charge < -0.3 is 0 Å². The van der Waals surface area contributed by atoms with Gasteiger partial charge in [0.15, 0.2) is 0 Å². The Kier molecular flexibility index (Phi) is 2.19. The van der Waals surface area contributed by atoms with E-state index in [1.165, 1.54) is 4.90 Å². The fourth-order valence-electron chi connectivity index (χ4n) is 2.07. The van der Waals surface area contributed by atoms with Gasteiger partial charge in [-0.25, -0.2) is 0 Å². The van der Waals surface area contributed by atoms with Crippen LogP contribution < -0.4 is 0 Å². The van der Waals surface area contributed by atoms with Crippen molar-refractivity contribution in [3.05, 3.63) is 30.3 Å². The Bertz CT molecular complexity index is 310. The molecule has 1 aliphatic rings. The zero-order valence-corrected chi connectivity index (χ0v) is 10.2. The molecule has 0 atom stereocenters. The fourth-order valence-corrected chi connectivity index (χ4v) is 3.78. The highest BCUT2D eigenvalue weighted by molar-refractivity contribution is 8.00. The first-order chi connectivity index (χ1) is 6.46. The lowest BCUT2D eigenvalue weighted by Gasteiger charge is -2.03. The maximum atomic E-state index is 2.37. The van der Waals surface area contributed by atoms with Crippen LogP contribution in [0.15, 0.2) is 35.2 Å². The van der Waals surface area contributed by atoms with Gasteiger partial charge in [0.2, 0.25) is 0 Å². The molecular formula is C13H18S. The molecule has 76 valence electrons. The SMILES string of the molecule is CC1(C)C(Sc2ccccc2)C1(C)C. The third-order valence-electron chi connectivity index (χ3n) is 3.89. The lowest BCUT2D eigenvalue weighted by molar-refractivity contribution is 0.457. The van der Waals surface area contributed by atoms with Gasteiger partial charge in [0.05, 0.1) is 0 Å². The Morgan fingerprint density at radius 3 is 1.86 bits per heavy atom. The molecule has 1 aliphatic carbocycles. The minimum absolute atomic E-state index is 0.480. The van der Waals surface area contributed by atoms with E-state index in [4.69, 9.17) is 0 Å². The Morgan fingerprint density at radius 2 is 1.43 bits per heavy atom. The van der Waals surface area contributed by atoms with Crippen molar-refractivity contribution in [2.45, 2.75) is 37.8 Å². The highest BCUT2D eigenvalue weighted by Gasteiger charge is 2.64. The molecule has 0 aromatic heterocycles. The van der Waals surface area contributed by atoms with Crippen LogP contribution in [0.2, 0.25) is 0 Å². The summed E-state index contributed by atoms with van der Waals surface area (Å²) in [6.45, 7) is 9.47. The largest absolute Gasteiger partial charge is 0.122 e. The molecule has 1 heteroatoms. The maximum Gasteiger partial charge on any atom is 0.0208 e. The van der Waals surface area contributed by atoms with Gasteiger partial charge in [0, 0.05) is 10.1 Å². The molecule has 0 saturated heterocycles. The van der Waals surface area contributed by atoms with Crippen LogP contribution in [0.4, 0.5) is 0 Å². The predicted molar refractivity (Wildman–Crippen MR) is 63.6 cm³/mol. The minimum Gasteiger partial charge on any atom is -0.122 e. The normalized spacial score (nSPS) is 23.4. The van der Waals surface area contributed by atoms with Crippen LogP contribution in [0.1, 0.15) is 27.7 Å². The molecule has 0 amide bonds. The topological polar surface area (TPSA) is 0 Å². The van der Waals surface area contributed by atoms with Crippen molar-refractivity contribution in [2.24, 2.45) is 10.8 Å². The van der Waals surface area contributed by atoms with Crippen molar-refractivity contribution < 1.29 is 0 Å². The second-order valence-electron chi connectivity index (χ2n) is 5.25. The second-order valence-corrected chi connectivity index (χ2v) is 6.43. The van der Waals surface area contributed by atoms with E-state index in [2.05, 4.69) is 58.0 Å². The van der Waals surface area contributed by atoms with Crippen LogP contribution in [0, 0.1) is 10.8 Å². The number of thioether (sulfide) groups is 1. The molecule has 0 radical (unpaired) electrons. The fraction of sp³-hybridized carbons (Fsp3) is 0.538. The first kappa shape index (κ1) is 10.1. The zero-order chi connectivity index (χ0) is 10.4. The van der Waals surface area contributed by atoms with Crippen molar-refractivity contribution in [1.29, 1.82) is 0 Å². The van der Waals surface area contributed by atoms with E-state index >= 15 is 0 Å². The first-order valence-corrected chi connectivity index (χ1v) is 6.06. The summed E-state index contributed by atoms with van der Waals surface area (Å²) < 4.78 is 0. The van der Waals surface area contributed by atoms with Crippen molar-refractivity contribution in [3.63, 3.8) is 0 Å².